The lowest BCUT2D eigenvalue weighted by Gasteiger charge is -2.10. The van der Waals surface area contributed by atoms with E-state index in [2.05, 4.69) is 16.8 Å². The van der Waals surface area contributed by atoms with Gasteiger partial charge in [0.15, 0.2) is 0 Å². The highest BCUT2D eigenvalue weighted by atomic mass is 32.1. The second-order valence-electron chi connectivity index (χ2n) is 3.94. The molecule has 90 valence electrons. The number of hydrogen-bond acceptors (Lipinski definition) is 3. The van der Waals surface area contributed by atoms with E-state index in [0.29, 0.717) is 11.3 Å². The Kier molecular flexibility index (Phi) is 3.64. The summed E-state index contributed by atoms with van der Waals surface area (Å²) in [6.07, 6.45) is 0.952. The molecule has 1 aromatic heterocycles. The van der Waals surface area contributed by atoms with Gasteiger partial charge in [-0.2, -0.15) is 0 Å². The van der Waals surface area contributed by atoms with Crippen LogP contribution in [0.15, 0.2) is 29.6 Å². The molecule has 2 nitrogen and oxygen atoms in total. The number of nitrogen functional groups attached to an aromatic ring is 1. The van der Waals surface area contributed by atoms with Gasteiger partial charge in [0, 0.05) is 11.4 Å². The third kappa shape index (κ3) is 2.97. The molecule has 3 N–H and O–H groups in total. The Morgan fingerprint density at radius 1 is 1.41 bits per heavy atom. The summed E-state index contributed by atoms with van der Waals surface area (Å²) in [4.78, 5) is 1.33. The van der Waals surface area contributed by atoms with Crippen LogP contribution in [-0.2, 0) is 6.42 Å². The Morgan fingerprint density at radius 2 is 2.24 bits per heavy atom. The van der Waals surface area contributed by atoms with Crippen LogP contribution < -0.4 is 11.1 Å². The number of nitrogens with two attached hydrogens (primary N) is 1. The summed E-state index contributed by atoms with van der Waals surface area (Å²) < 4.78 is 13.2. The van der Waals surface area contributed by atoms with Crippen molar-refractivity contribution in [1.29, 1.82) is 0 Å². The van der Waals surface area contributed by atoms with E-state index in [9.17, 15) is 4.39 Å². The Morgan fingerprint density at radius 3 is 2.94 bits per heavy atom. The summed E-state index contributed by atoms with van der Waals surface area (Å²) in [5.74, 6) is -0.258. The molecule has 0 fully saturated rings. The fraction of sp³-hybridized carbons (Fsp3) is 0.231. The Hall–Kier alpha value is -1.55. The minimum atomic E-state index is -0.258. The van der Waals surface area contributed by atoms with Gasteiger partial charge in [0.25, 0.3) is 0 Å². The molecule has 0 saturated heterocycles. The van der Waals surface area contributed by atoms with Gasteiger partial charge in [0.05, 0.1) is 11.4 Å². The molecule has 0 aliphatic carbocycles. The van der Waals surface area contributed by atoms with Crippen LogP contribution in [0.3, 0.4) is 0 Å². The van der Waals surface area contributed by atoms with Crippen molar-refractivity contribution in [3.8, 4) is 0 Å². The molecule has 1 heterocycles. The molecule has 0 radical (unpaired) electrons. The summed E-state index contributed by atoms with van der Waals surface area (Å²) in [7, 11) is 0. The molecule has 0 amide bonds. The van der Waals surface area contributed by atoms with E-state index >= 15 is 0 Å². The van der Waals surface area contributed by atoms with Crippen LogP contribution in [0.5, 0.6) is 0 Å². The van der Waals surface area contributed by atoms with Gasteiger partial charge in [0.1, 0.15) is 5.82 Å². The van der Waals surface area contributed by atoms with E-state index < -0.39 is 0 Å². The summed E-state index contributed by atoms with van der Waals surface area (Å²) >= 11 is 1.74. The highest BCUT2D eigenvalue weighted by Gasteiger charge is 2.04. The van der Waals surface area contributed by atoms with Gasteiger partial charge in [0.2, 0.25) is 0 Å². The summed E-state index contributed by atoms with van der Waals surface area (Å²) in [5, 5.41) is 5.30. The number of benzene rings is 1. The van der Waals surface area contributed by atoms with Crippen molar-refractivity contribution in [2.75, 3.05) is 17.6 Å². The van der Waals surface area contributed by atoms with Crippen LogP contribution in [0, 0.1) is 12.7 Å². The third-order valence-corrected chi connectivity index (χ3v) is 3.53. The van der Waals surface area contributed by atoms with Crippen LogP contribution in [0.2, 0.25) is 0 Å². The van der Waals surface area contributed by atoms with Gasteiger partial charge < -0.3 is 11.1 Å². The lowest BCUT2D eigenvalue weighted by molar-refractivity contribution is 0.619. The molecule has 2 aromatic rings. The zero-order valence-corrected chi connectivity index (χ0v) is 10.5. The third-order valence-electron chi connectivity index (χ3n) is 2.60. The summed E-state index contributed by atoms with van der Waals surface area (Å²) in [6, 6.07) is 7.25. The molecule has 0 bridgehead atoms. The predicted molar refractivity (Wildman–Crippen MR) is 72.1 cm³/mol. The van der Waals surface area contributed by atoms with Gasteiger partial charge in [-0.1, -0.05) is 6.07 Å². The second kappa shape index (κ2) is 5.19. The molecule has 2 rings (SSSR count). The van der Waals surface area contributed by atoms with Crippen LogP contribution in [0.4, 0.5) is 15.8 Å². The molecular formula is C13H15FN2S. The first kappa shape index (κ1) is 11.9. The molecule has 0 spiro atoms. The van der Waals surface area contributed by atoms with Crippen LogP contribution in [0.1, 0.15) is 10.4 Å². The molecule has 1 aromatic carbocycles. The summed E-state index contributed by atoms with van der Waals surface area (Å²) in [6.45, 7) is 2.54. The van der Waals surface area contributed by atoms with Crippen molar-refractivity contribution in [1.82, 2.24) is 0 Å². The van der Waals surface area contributed by atoms with Crippen molar-refractivity contribution < 1.29 is 4.39 Å². The molecule has 4 heteroatoms. The van der Waals surface area contributed by atoms with Crippen molar-refractivity contribution in [3.63, 3.8) is 0 Å². The average molecular weight is 250 g/mol. The van der Waals surface area contributed by atoms with Crippen LogP contribution in [-0.4, -0.2) is 6.54 Å². The molecule has 0 unspecified atom stereocenters. The second-order valence-corrected chi connectivity index (χ2v) is 4.98. The monoisotopic (exact) mass is 250 g/mol. The number of hydrogen-bond donors (Lipinski definition) is 2. The van der Waals surface area contributed by atoms with Gasteiger partial charge in [-0.25, -0.2) is 4.39 Å². The highest BCUT2D eigenvalue weighted by Crippen LogP contribution is 2.22. The van der Waals surface area contributed by atoms with E-state index in [1.165, 1.54) is 10.9 Å². The number of halogens is 1. The number of nitrogens with one attached hydrogen (secondary N) is 1. The maximum atomic E-state index is 13.2. The zero-order chi connectivity index (χ0) is 12.3. The maximum absolute atomic E-state index is 13.2. The van der Waals surface area contributed by atoms with Crippen molar-refractivity contribution in [2.45, 2.75) is 13.3 Å². The Labute approximate surface area is 104 Å². The topological polar surface area (TPSA) is 38.0 Å². The highest BCUT2D eigenvalue weighted by molar-refractivity contribution is 7.09. The molecular weight excluding hydrogens is 235 g/mol. The first-order valence-electron chi connectivity index (χ1n) is 5.48. The van der Waals surface area contributed by atoms with Gasteiger partial charge >= 0.3 is 0 Å². The zero-order valence-electron chi connectivity index (χ0n) is 9.66. The molecule has 0 aliphatic rings. The Balaban J connectivity index is 1.97. The number of anilines is 2. The number of rotatable bonds is 4. The van der Waals surface area contributed by atoms with Crippen molar-refractivity contribution in [3.05, 3.63) is 45.9 Å². The van der Waals surface area contributed by atoms with E-state index in [-0.39, 0.29) is 5.82 Å². The predicted octanol–water partition coefficient (Wildman–Crippen LogP) is 3.43. The first-order chi connectivity index (χ1) is 8.16. The lowest BCUT2D eigenvalue weighted by Crippen LogP contribution is -2.07. The summed E-state index contributed by atoms with van der Waals surface area (Å²) in [5.41, 5.74) is 7.62. The lowest BCUT2D eigenvalue weighted by atomic mass is 10.2. The van der Waals surface area contributed by atoms with E-state index in [0.717, 1.165) is 18.7 Å². The fourth-order valence-electron chi connectivity index (χ4n) is 1.63. The van der Waals surface area contributed by atoms with Crippen molar-refractivity contribution >= 4 is 22.7 Å². The standard InChI is InChI=1S/C13H15FN2S/c1-9-7-13(12(15)8-11(9)14)16-5-4-10-3-2-6-17-10/h2-3,6-8,16H,4-5,15H2,1H3. The van der Waals surface area contributed by atoms with E-state index in [1.54, 1.807) is 24.3 Å². The SMILES string of the molecule is Cc1cc(NCCc2cccs2)c(N)cc1F. The molecule has 0 saturated carbocycles. The Bertz CT molecular complexity index is 494. The van der Waals surface area contributed by atoms with Crippen LogP contribution in [0.25, 0.3) is 0 Å². The van der Waals surface area contributed by atoms with Crippen molar-refractivity contribution in [2.24, 2.45) is 0 Å². The van der Waals surface area contributed by atoms with Gasteiger partial charge in [-0.3, -0.25) is 0 Å². The molecule has 0 atom stereocenters. The smallest absolute Gasteiger partial charge is 0.128 e. The minimum Gasteiger partial charge on any atom is -0.397 e. The van der Waals surface area contributed by atoms with Gasteiger partial charge in [-0.05, 0) is 42.5 Å². The van der Waals surface area contributed by atoms with Crippen LogP contribution >= 0.6 is 11.3 Å². The first-order valence-corrected chi connectivity index (χ1v) is 6.36. The molecule has 0 aliphatic heterocycles. The van der Waals surface area contributed by atoms with E-state index in [1.807, 2.05) is 6.07 Å². The normalized spacial score (nSPS) is 10.5. The quantitative estimate of drug-likeness (QED) is 0.816. The number of thiophene rings is 1. The van der Waals surface area contributed by atoms with E-state index in [4.69, 9.17) is 5.73 Å². The minimum absolute atomic E-state index is 0.258. The van der Waals surface area contributed by atoms with Gasteiger partial charge in [-0.15, -0.1) is 11.3 Å². The molecule has 17 heavy (non-hydrogen) atoms. The average Bonchev–Trinajstić information content (AvgIpc) is 2.78. The maximum Gasteiger partial charge on any atom is 0.128 e. The number of aryl methyl sites for hydroxylation is 1. The largest absolute Gasteiger partial charge is 0.397 e. The fourth-order valence-corrected chi connectivity index (χ4v) is 2.33.